The van der Waals surface area contributed by atoms with Gasteiger partial charge in [0.1, 0.15) is 0 Å². The third-order valence-electron chi connectivity index (χ3n) is 1.93. The van der Waals surface area contributed by atoms with Crippen LogP contribution in [0.3, 0.4) is 0 Å². The van der Waals surface area contributed by atoms with Crippen LogP contribution < -0.4 is 5.32 Å². The number of rotatable bonds is 5. The molecular weight excluding hydrogens is 196 g/mol. The Balaban J connectivity index is 3.81. The van der Waals surface area contributed by atoms with Crippen LogP contribution in [0.4, 0.5) is 4.79 Å². The molecule has 0 fully saturated rings. The summed E-state index contributed by atoms with van der Waals surface area (Å²) >= 11 is 0. The Kier molecular flexibility index (Phi) is 6.49. The summed E-state index contributed by atoms with van der Waals surface area (Å²) in [7, 11) is 0. The summed E-state index contributed by atoms with van der Waals surface area (Å²) < 4.78 is 4.69. The fraction of sp³-hybridized carbons (Fsp3) is 0.800. The van der Waals surface area contributed by atoms with Crippen molar-refractivity contribution >= 4 is 12.0 Å². The summed E-state index contributed by atoms with van der Waals surface area (Å²) in [5.74, 6) is 0.00987. The number of alkyl carbamates (subject to hydrolysis) is 1. The number of carbonyl (C=O) groups is 2. The molecule has 0 unspecified atom stereocenters. The standard InChI is InChI=1S/C10H20N2O3/c1-5-15-10(14)11-6-7-12(8(2)3)9(4)13/h8H,5-7H2,1-4H3,(H,11,14). The monoisotopic (exact) mass is 216 g/mol. The average molecular weight is 216 g/mol. The van der Waals surface area contributed by atoms with Crippen LogP contribution in [0, 0.1) is 0 Å². The minimum Gasteiger partial charge on any atom is -0.450 e. The van der Waals surface area contributed by atoms with Gasteiger partial charge in [-0.2, -0.15) is 0 Å². The first-order valence-electron chi connectivity index (χ1n) is 5.16. The molecule has 0 radical (unpaired) electrons. The maximum Gasteiger partial charge on any atom is 0.407 e. The molecule has 5 heteroatoms. The van der Waals surface area contributed by atoms with E-state index in [4.69, 9.17) is 4.74 Å². The van der Waals surface area contributed by atoms with Gasteiger partial charge in [0.25, 0.3) is 0 Å². The lowest BCUT2D eigenvalue weighted by Crippen LogP contribution is -2.41. The zero-order valence-corrected chi connectivity index (χ0v) is 9.87. The van der Waals surface area contributed by atoms with Gasteiger partial charge in [-0.05, 0) is 20.8 Å². The number of hydrogen-bond donors (Lipinski definition) is 1. The van der Waals surface area contributed by atoms with E-state index in [1.807, 2.05) is 13.8 Å². The van der Waals surface area contributed by atoms with Gasteiger partial charge in [-0.1, -0.05) is 0 Å². The second kappa shape index (κ2) is 7.09. The van der Waals surface area contributed by atoms with Crippen LogP contribution in [0.1, 0.15) is 27.7 Å². The van der Waals surface area contributed by atoms with Gasteiger partial charge >= 0.3 is 6.09 Å². The second-order valence-corrected chi connectivity index (χ2v) is 3.45. The highest BCUT2D eigenvalue weighted by Gasteiger charge is 2.12. The number of nitrogens with zero attached hydrogens (tertiary/aromatic N) is 1. The zero-order chi connectivity index (χ0) is 11.8. The SMILES string of the molecule is CCOC(=O)NCCN(C(C)=O)C(C)C. The van der Waals surface area contributed by atoms with E-state index in [2.05, 4.69) is 5.32 Å². The number of carbonyl (C=O) groups excluding carboxylic acids is 2. The third-order valence-corrected chi connectivity index (χ3v) is 1.93. The summed E-state index contributed by atoms with van der Waals surface area (Å²) in [5.41, 5.74) is 0. The van der Waals surface area contributed by atoms with Gasteiger partial charge < -0.3 is 15.0 Å². The second-order valence-electron chi connectivity index (χ2n) is 3.45. The van der Waals surface area contributed by atoms with Gasteiger partial charge in [0.2, 0.25) is 5.91 Å². The zero-order valence-electron chi connectivity index (χ0n) is 9.87. The van der Waals surface area contributed by atoms with Gasteiger partial charge in [0.15, 0.2) is 0 Å². The molecule has 0 heterocycles. The average Bonchev–Trinajstić information content (AvgIpc) is 2.11. The van der Waals surface area contributed by atoms with Crippen LogP contribution in [0.15, 0.2) is 0 Å². The van der Waals surface area contributed by atoms with E-state index in [9.17, 15) is 9.59 Å². The van der Waals surface area contributed by atoms with Crippen molar-refractivity contribution in [1.82, 2.24) is 10.2 Å². The molecule has 0 aromatic rings. The van der Waals surface area contributed by atoms with Gasteiger partial charge in [0.05, 0.1) is 6.61 Å². The van der Waals surface area contributed by atoms with Crippen molar-refractivity contribution < 1.29 is 14.3 Å². The number of ether oxygens (including phenoxy) is 1. The highest BCUT2D eigenvalue weighted by molar-refractivity contribution is 5.73. The molecule has 0 spiro atoms. The van der Waals surface area contributed by atoms with Crippen molar-refractivity contribution in [2.45, 2.75) is 33.7 Å². The summed E-state index contributed by atoms with van der Waals surface area (Å²) in [5, 5.41) is 2.57. The van der Waals surface area contributed by atoms with Crippen LogP contribution in [0.2, 0.25) is 0 Å². The predicted octanol–water partition coefficient (Wildman–Crippen LogP) is 0.989. The van der Waals surface area contributed by atoms with Crippen LogP contribution in [-0.2, 0) is 9.53 Å². The molecule has 0 saturated heterocycles. The van der Waals surface area contributed by atoms with Gasteiger partial charge in [-0.25, -0.2) is 4.79 Å². The lowest BCUT2D eigenvalue weighted by molar-refractivity contribution is -0.130. The highest BCUT2D eigenvalue weighted by atomic mass is 16.5. The maximum atomic E-state index is 11.2. The van der Waals surface area contributed by atoms with Gasteiger partial charge in [0, 0.05) is 26.1 Å². The van der Waals surface area contributed by atoms with E-state index in [1.54, 1.807) is 11.8 Å². The quantitative estimate of drug-likeness (QED) is 0.745. The molecule has 88 valence electrons. The minimum absolute atomic E-state index is 0.00987. The molecule has 0 aliphatic heterocycles. The van der Waals surface area contributed by atoms with Crippen LogP contribution >= 0.6 is 0 Å². The first-order valence-corrected chi connectivity index (χ1v) is 5.16. The summed E-state index contributed by atoms with van der Waals surface area (Å²) in [6.45, 7) is 8.41. The Hall–Kier alpha value is -1.26. The van der Waals surface area contributed by atoms with Crippen molar-refractivity contribution in [3.63, 3.8) is 0 Å². The van der Waals surface area contributed by atoms with Crippen molar-refractivity contribution in [2.75, 3.05) is 19.7 Å². The molecule has 0 atom stereocenters. The molecule has 15 heavy (non-hydrogen) atoms. The molecule has 0 aliphatic rings. The molecule has 0 aliphatic carbocycles. The predicted molar refractivity (Wildman–Crippen MR) is 57.5 cm³/mol. The number of nitrogens with one attached hydrogen (secondary N) is 1. The van der Waals surface area contributed by atoms with E-state index in [0.717, 1.165) is 0 Å². The molecule has 2 amide bonds. The molecular formula is C10H20N2O3. The summed E-state index contributed by atoms with van der Waals surface area (Å²) in [6, 6.07) is 0.145. The Bertz CT molecular complexity index is 217. The molecule has 0 aromatic heterocycles. The van der Waals surface area contributed by atoms with Crippen molar-refractivity contribution in [1.29, 1.82) is 0 Å². The topological polar surface area (TPSA) is 58.6 Å². The lowest BCUT2D eigenvalue weighted by Gasteiger charge is -2.25. The Labute approximate surface area is 90.8 Å². The van der Waals surface area contributed by atoms with Crippen LogP contribution in [0.25, 0.3) is 0 Å². The maximum absolute atomic E-state index is 11.2. The van der Waals surface area contributed by atoms with Crippen LogP contribution in [-0.4, -0.2) is 42.6 Å². The van der Waals surface area contributed by atoms with Crippen molar-refractivity contribution in [3.8, 4) is 0 Å². The first-order chi connectivity index (χ1) is 6.99. The number of amides is 2. The molecule has 0 aromatic carbocycles. The van der Waals surface area contributed by atoms with E-state index in [-0.39, 0.29) is 11.9 Å². The molecule has 5 nitrogen and oxygen atoms in total. The normalized spacial score (nSPS) is 9.93. The Morgan fingerprint density at radius 3 is 2.40 bits per heavy atom. The fourth-order valence-corrected chi connectivity index (χ4v) is 1.24. The highest BCUT2D eigenvalue weighted by Crippen LogP contribution is 1.97. The largest absolute Gasteiger partial charge is 0.450 e. The van der Waals surface area contributed by atoms with E-state index < -0.39 is 6.09 Å². The Morgan fingerprint density at radius 2 is 2.00 bits per heavy atom. The van der Waals surface area contributed by atoms with E-state index in [1.165, 1.54) is 6.92 Å². The Morgan fingerprint density at radius 1 is 1.40 bits per heavy atom. The van der Waals surface area contributed by atoms with E-state index >= 15 is 0 Å². The third kappa shape index (κ3) is 5.93. The minimum atomic E-state index is -0.440. The smallest absolute Gasteiger partial charge is 0.407 e. The lowest BCUT2D eigenvalue weighted by atomic mass is 10.3. The molecule has 0 saturated carbocycles. The molecule has 0 bridgehead atoms. The van der Waals surface area contributed by atoms with Gasteiger partial charge in [-0.15, -0.1) is 0 Å². The van der Waals surface area contributed by atoms with Gasteiger partial charge in [-0.3, -0.25) is 4.79 Å². The number of hydrogen-bond acceptors (Lipinski definition) is 3. The molecule has 0 rings (SSSR count). The van der Waals surface area contributed by atoms with E-state index in [0.29, 0.717) is 19.7 Å². The fourth-order valence-electron chi connectivity index (χ4n) is 1.24. The molecule has 1 N–H and O–H groups in total. The van der Waals surface area contributed by atoms with Crippen LogP contribution in [0.5, 0.6) is 0 Å². The first kappa shape index (κ1) is 13.7. The van der Waals surface area contributed by atoms with Crippen molar-refractivity contribution in [3.05, 3.63) is 0 Å². The summed E-state index contributed by atoms with van der Waals surface area (Å²) in [6.07, 6.45) is -0.440. The summed E-state index contributed by atoms with van der Waals surface area (Å²) in [4.78, 5) is 23.8. The van der Waals surface area contributed by atoms with Crippen molar-refractivity contribution in [2.24, 2.45) is 0 Å².